The van der Waals surface area contributed by atoms with Crippen LogP contribution in [-0.2, 0) is 16.1 Å². The van der Waals surface area contributed by atoms with Gasteiger partial charge in [-0.05, 0) is 24.7 Å². The Bertz CT molecular complexity index is 1390. The van der Waals surface area contributed by atoms with E-state index in [-0.39, 0.29) is 29.3 Å². The van der Waals surface area contributed by atoms with Gasteiger partial charge in [-0.3, -0.25) is 9.59 Å². The number of pyridine rings is 1. The highest BCUT2D eigenvalue weighted by Crippen LogP contribution is 2.20. The van der Waals surface area contributed by atoms with Gasteiger partial charge in [0.25, 0.3) is 0 Å². The third-order valence-corrected chi connectivity index (χ3v) is 7.04. The molecular formula is C26H30N6O5S. The maximum atomic E-state index is 12.6. The SMILES string of the molecule is CCn1cc(C(=O)O)c(=O)c2cnc(N3CCN(C(=S)NC[C@H](CC(=O)OC)c4ccccc4)CC3)nc21. The molecule has 1 fully saturated rings. The molecule has 12 heteroatoms. The predicted octanol–water partition coefficient (Wildman–Crippen LogP) is 1.85. The van der Waals surface area contributed by atoms with Crippen LogP contribution < -0.4 is 15.6 Å². The van der Waals surface area contributed by atoms with Gasteiger partial charge in [-0.2, -0.15) is 4.98 Å². The van der Waals surface area contributed by atoms with Crippen molar-refractivity contribution in [2.45, 2.75) is 25.8 Å². The van der Waals surface area contributed by atoms with Gasteiger partial charge in [-0.25, -0.2) is 9.78 Å². The van der Waals surface area contributed by atoms with Crippen molar-refractivity contribution in [2.75, 3.05) is 44.7 Å². The smallest absolute Gasteiger partial charge is 0.341 e. The van der Waals surface area contributed by atoms with Crippen molar-refractivity contribution >= 4 is 46.3 Å². The Morgan fingerprint density at radius 1 is 1.18 bits per heavy atom. The summed E-state index contributed by atoms with van der Waals surface area (Å²) in [4.78, 5) is 49.0. The highest BCUT2D eigenvalue weighted by molar-refractivity contribution is 7.80. The number of aryl methyl sites for hydroxylation is 1. The number of anilines is 1. The second-order valence-corrected chi connectivity index (χ2v) is 9.31. The van der Waals surface area contributed by atoms with Gasteiger partial charge in [0.2, 0.25) is 11.4 Å². The molecule has 2 aromatic heterocycles. The number of carboxylic acids is 1. The zero-order valence-corrected chi connectivity index (χ0v) is 22.1. The lowest BCUT2D eigenvalue weighted by Crippen LogP contribution is -2.52. The Morgan fingerprint density at radius 2 is 1.89 bits per heavy atom. The molecule has 200 valence electrons. The fourth-order valence-corrected chi connectivity index (χ4v) is 4.72. The van der Waals surface area contributed by atoms with Crippen LogP contribution in [0.25, 0.3) is 11.0 Å². The van der Waals surface area contributed by atoms with E-state index in [4.69, 9.17) is 17.0 Å². The summed E-state index contributed by atoms with van der Waals surface area (Å²) in [5, 5.41) is 13.4. The van der Waals surface area contributed by atoms with Crippen LogP contribution in [0.3, 0.4) is 0 Å². The summed E-state index contributed by atoms with van der Waals surface area (Å²) >= 11 is 5.65. The molecule has 0 amide bonds. The number of carboxylic acid groups (broad SMARTS) is 1. The normalized spacial score (nSPS) is 14.3. The quantitative estimate of drug-likeness (QED) is 0.322. The number of hydrogen-bond acceptors (Lipinski definition) is 8. The van der Waals surface area contributed by atoms with E-state index in [1.807, 2.05) is 42.2 Å². The molecular weight excluding hydrogens is 508 g/mol. The average molecular weight is 539 g/mol. The number of carbonyl (C=O) groups is 2. The van der Waals surface area contributed by atoms with Crippen molar-refractivity contribution in [1.29, 1.82) is 0 Å². The lowest BCUT2D eigenvalue weighted by Gasteiger charge is -2.36. The predicted molar refractivity (Wildman–Crippen MR) is 147 cm³/mol. The maximum Gasteiger partial charge on any atom is 0.341 e. The second kappa shape index (κ2) is 12.0. The van der Waals surface area contributed by atoms with E-state index in [9.17, 15) is 19.5 Å². The molecule has 38 heavy (non-hydrogen) atoms. The minimum atomic E-state index is -1.27. The zero-order valence-electron chi connectivity index (χ0n) is 21.3. The third-order valence-electron chi connectivity index (χ3n) is 6.63. The van der Waals surface area contributed by atoms with Crippen molar-refractivity contribution in [3.05, 3.63) is 64.1 Å². The number of nitrogens with one attached hydrogen (secondary N) is 1. The number of benzene rings is 1. The first-order chi connectivity index (χ1) is 18.3. The second-order valence-electron chi connectivity index (χ2n) is 8.92. The fourth-order valence-electron chi connectivity index (χ4n) is 4.46. The topological polar surface area (TPSA) is 130 Å². The Kier molecular flexibility index (Phi) is 8.52. The van der Waals surface area contributed by atoms with Crippen molar-refractivity contribution < 1.29 is 19.4 Å². The van der Waals surface area contributed by atoms with E-state index < -0.39 is 11.4 Å². The summed E-state index contributed by atoms with van der Waals surface area (Å²) in [6.07, 6.45) is 2.98. The fraction of sp³-hybridized carbons (Fsp3) is 0.385. The van der Waals surface area contributed by atoms with Gasteiger partial charge in [0.05, 0.1) is 18.9 Å². The van der Waals surface area contributed by atoms with E-state index in [0.717, 1.165) is 5.56 Å². The third kappa shape index (κ3) is 5.91. The van der Waals surface area contributed by atoms with Gasteiger partial charge in [-0.1, -0.05) is 30.3 Å². The number of hydrogen-bond donors (Lipinski definition) is 2. The lowest BCUT2D eigenvalue weighted by atomic mass is 9.96. The largest absolute Gasteiger partial charge is 0.477 e. The molecule has 4 rings (SSSR count). The van der Waals surface area contributed by atoms with Crippen LogP contribution in [0, 0.1) is 0 Å². The van der Waals surface area contributed by atoms with E-state index in [0.29, 0.717) is 56.0 Å². The summed E-state index contributed by atoms with van der Waals surface area (Å²) in [6, 6.07) is 9.79. The number of nitrogens with zero attached hydrogens (tertiary/aromatic N) is 5. The van der Waals surface area contributed by atoms with Crippen LogP contribution in [0.4, 0.5) is 5.95 Å². The Hall–Kier alpha value is -4.06. The van der Waals surface area contributed by atoms with Gasteiger partial charge < -0.3 is 29.5 Å². The molecule has 0 saturated carbocycles. The molecule has 0 spiro atoms. The van der Waals surface area contributed by atoms with E-state index in [2.05, 4.69) is 20.2 Å². The number of ether oxygens (including phenoxy) is 1. The minimum absolute atomic E-state index is 0.0771. The first kappa shape index (κ1) is 27.0. The number of fused-ring (bicyclic) bond motifs is 1. The molecule has 0 bridgehead atoms. The maximum absolute atomic E-state index is 12.6. The van der Waals surface area contributed by atoms with Gasteiger partial charge >= 0.3 is 11.9 Å². The Morgan fingerprint density at radius 3 is 2.53 bits per heavy atom. The number of aromatic nitrogens is 3. The average Bonchev–Trinajstić information content (AvgIpc) is 2.95. The van der Waals surface area contributed by atoms with E-state index >= 15 is 0 Å². The molecule has 2 N–H and O–H groups in total. The van der Waals surface area contributed by atoms with Crippen molar-refractivity contribution in [2.24, 2.45) is 0 Å². The number of rotatable bonds is 8. The number of carbonyl (C=O) groups excluding carboxylic acids is 1. The molecule has 3 heterocycles. The van der Waals surface area contributed by atoms with Crippen molar-refractivity contribution in [3.63, 3.8) is 0 Å². The molecule has 1 saturated heterocycles. The number of esters is 1. The summed E-state index contributed by atoms with van der Waals surface area (Å²) in [5.74, 6) is -1.15. The molecule has 1 aliphatic rings. The molecule has 1 aromatic carbocycles. The number of thiocarbonyl (C=S) groups is 1. The first-order valence-corrected chi connectivity index (χ1v) is 12.8. The molecule has 0 unspecified atom stereocenters. The molecule has 1 aliphatic heterocycles. The van der Waals surface area contributed by atoms with Crippen LogP contribution in [0.15, 0.2) is 47.5 Å². The monoisotopic (exact) mass is 538 g/mol. The summed E-state index contributed by atoms with van der Waals surface area (Å²) in [5.41, 5.74) is 0.551. The van der Waals surface area contributed by atoms with Crippen LogP contribution in [0.2, 0.25) is 0 Å². The van der Waals surface area contributed by atoms with Crippen LogP contribution in [-0.4, -0.2) is 81.4 Å². The van der Waals surface area contributed by atoms with Crippen LogP contribution >= 0.6 is 12.2 Å². The summed E-state index contributed by atoms with van der Waals surface area (Å²) in [6.45, 7) is 5.32. The summed E-state index contributed by atoms with van der Waals surface area (Å²) < 4.78 is 6.52. The lowest BCUT2D eigenvalue weighted by molar-refractivity contribution is -0.141. The van der Waals surface area contributed by atoms with Crippen molar-refractivity contribution in [3.8, 4) is 0 Å². The zero-order chi connectivity index (χ0) is 27.2. The molecule has 11 nitrogen and oxygen atoms in total. The van der Waals surface area contributed by atoms with Gasteiger partial charge in [0.1, 0.15) is 11.2 Å². The number of aromatic carboxylic acids is 1. The van der Waals surface area contributed by atoms with Crippen molar-refractivity contribution in [1.82, 2.24) is 24.8 Å². The minimum Gasteiger partial charge on any atom is -0.477 e. The molecule has 0 radical (unpaired) electrons. The van der Waals surface area contributed by atoms with E-state index in [1.54, 1.807) is 4.57 Å². The highest BCUT2D eigenvalue weighted by atomic mass is 32.1. The van der Waals surface area contributed by atoms with E-state index in [1.165, 1.54) is 19.5 Å². The van der Waals surface area contributed by atoms with Gasteiger partial charge in [0.15, 0.2) is 5.11 Å². The Labute approximate surface area is 225 Å². The Balaban J connectivity index is 1.41. The number of piperazine rings is 1. The highest BCUT2D eigenvalue weighted by Gasteiger charge is 2.24. The van der Waals surface area contributed by atoms with Gasteiger partial charge in [-0.15, -0.1) is 0 Å². The summed E-state index contributed by atoms with van der Waals surface area (Å²) in [7, 11) is 1.38. The number of methoxy groups -OCH3 is 1. The first-order valence-electron chi connectivity index (χ1n) is 12.3. The molecule has 1 atom stereocenters. The van der Waals surface area contributed by atoms with Gasteiger partial charge in [0, 0.05) is 57.6 Å². The molecule has 3 aromatic rings. The standard InChI is InChI=1S/C26H30N6O5S/c1-3-30-16-20(24(35)36)22(34)19-15-27-25(29-23(19)30)31-9-11-32(12-10-31)26(38)28-14-18(13-21(33)37-2)17-7-5-4-6-8-17/h4-8,15-16,18H,3,9-14H2,1-2H3,(H,28,38)(H,35,36)/t18-/m0/s1. The van der Waals surface area contributed by atoms with Crippen LogP contribution in [0.1, 0.15) is 35.2 Å². The van der Waals surface area contributed by atoms with Crippen LogP contribution in [0.5, 0.6) is 0 Å². The molecule has 0 aliphatic carbocycles.